The molecule has 3 rings (SSSR count). The van der Waals surface area contributed by atoms with E-state index < -0.39 is 0 Å². The molecule has 0 N–H and O–H groups in total. The number of likely N-dealkylation sites (tertiary alicyclic amines) is 1. The number of nitrogens with zero attached hydrogens (tertiary/aromatic N) is 4. The first-order chi connectivity index (χ1) is 12.8. The van der Waals surface area contributed by atoms with Crippen molar-refractivity contribution >= 4 is 11.8 Å². The van der Waals surface area contributed by atoms with Gasteiger partial charge in [-0.3, -0.25) is 9.59 Å². The van der Waals surface area contributed by atoms with Crippen molar-refractivity contribution in [3.05, 3.63) is 47.0 Å². The number of hydrogen-bond donors (Lipinski definition) is 0. The van der Waals surface area contributed by atoms with Gasteiger partial charge in [0.2, 0.25) is 5.91 Å². The van der Waals surface area contributed by atoms with Gasteiger partial charge in [-0.2, -0.15) is 5.10 Å². The second-order valence-corrected chi connectivity index (χ2v) is 7.23. The zero-order chi connectivity index (χ0) is 19.7. The number of aromatic nitrogens is 2. The maximum atomic E-state index is 13.2. The number of benzene rings is 1. The fraction of sp³-hybridized carbons (Fsp3) is 0.450. The van der Waals surface area contributed by atoms with Crippen molar-refractivity contribution in [2.24, 2.45) is 5.92 Å². The van der Waals surface area contributed by atoms with Gasteiger partial charge in [-0.25, -0.2) is 9.07 Å². The molecular weight excluding hydrogens is 347 g/mol. The van der Waals surface area contributed by atoms with E-state index in [1.54, 1.807) is 40.7 Å². The van der Waals surface area contributed by atoms with E-state index in [0.29, 0.717) is 42.9 Å². The van der Waals surface area contributed by atoms with Gasteiger partial charge in [-0.1, -0.05) is 0 Å². The van der Waals surface area contributed by atoms with Crippen LogP contribution in [0.1, 0.15) is 34.6 Å². The van der Waals surface area contributed by atoms with Gasteiger partial charge in [-0.05, 0) is 51.0 Å². The lowest BCUT2D eigenvalue weighted by molar-refractivity contribution is -0.134. The van der Waals surface area contributed by atoms with E-state index in [-0.39, 0.29) is 23.5 Å². The zero-order valence-electron chi connectivity index (χ0n) is 16.2. The number of rotatable bonds is 3. The Morgan fingerprint density at radius 1 is 1.11 bits per heavy atom. The van der Waals surface area contributed by atoms with Crippen LogP contribution >= 0.6 is 0 Å². The Morgan fingerprint density at radius 2 is 1.70 bits per heavy atom. The van der Waals surface area contributed by atoms with Crippen LogP contribution in [0.15, 0.2) is 24.3 Å². The van der Waals surface area contributed by atoms with E-state index in [9.17, 15) is 14.0 Å². The highest BCUT2D eigenvalue weighted by atomic mass is 19.1. The number of aryl methyl sites for hydroxylation is 1. The molecule has 0 atom stereocenters. The first kappa shape index (κ1) is 19.1. The Morgan fingerprint density at radius 3 is 2.26 bits per heavy atom. The molecule has 1 aliphatic rings. The van der Waals surface area contributed by atoms with E-state index in [0.717, 1.165) is 5.69 Å². The summed E-state index contributed by atoms with van der Waals surface area (Å²) in [5.74, 6) is -0.271. The number of carbonyl (C=O) groups is 2. The average Bonchev–Trinajstić information content (AvgIpc) is 2.95. The number of piperidine rings is 1. The van der Waals surface area contributed by atoms with E-state index >= 15 is 0 Å². The number of amides is 2. The van der Waals surface area contributed by atoms with Crippen molar-refractivity contribution in [3.63, 3.8) is 0 Å². The third-order valence-corrected chi connectivity index (χ3v) is 5.15. The third kappa shape index (κ3) is 3.72. The molecule has 2 heterocycles. The average molecular weight is 372 g/mol. The summed E-state index contributed by atoms with van der Waals surface area (Å²) >= 11 is 0. The summed E-state index contributed by atoms with van der Waals surface area (Å²) in [6.45, 7) is 4.77. The van der Waals surface area contributed by atoms with Gasteiger partial charge < -0.3 is 9.80 Å². The molecule has 7 heteroatoms. The SMILES string of the molecule is Cc1nn(-c2ccc(F)cc2)c(C)c1C(=O)N1CCC(C(=O)N(C)C)CC1. The molecule has 2 amide bonds. The second-order valence-electron chi connectivity index (χ2n) is 7.23. The fourth-order valence-electron chi connectivity index (χ4n) is 3.64. The summed E-state index contributed by atoms with van der Waals surface area (Å²) < 4.78 is 14.9. The lowest BCUT2D eigenvalue weighted by atomic mass is 9.95. The highest BCUT2D eigenvalue weighted by Crippen LogP contribution is 2.24. The Labute approximate surface area is 158 Å². The molecule has 1 aromatic carbocycles. The highest BCUT2D eigenvalue weighted by Gasteiger charge is 2.31. The standard InChI is InChI=1S/C20H25FN4O2/c1-13-18(14(2)25(22-13)17-7-5-16(21)6-8-17)20(27)24-11-9-15(10-12-24)19(26)23(3)4/h5-8,15H,9-12H2,1-4H3. The number of halogens is 1. The molecule has 0 bridgehead atoms. The predicted octanol–water partition coefficient (Wildman–Crippen LogP) is 2.57. The van der Waals surface area contributed by atoms with E-state index in [1.165, 1.54) is 12.1 Å². The van der Waals surface area contributed by atoms with Crippen LogP contribution in [0.2, 0.25) is 0 Å². The molecule has 0 aliphatic carbocycles. The van der Waals surface area contributed by atoms with Crippen molar-refractivity contribution in [2.45, 2.75) is 26.7 Å². The van der Waals surface area contributed by atoms with Crippen molar-refractivity contribution in [3.8, 4) is 5.69 Å². The summed E-state index contributed by atoms with van der Waals surface area (Å²) in [7, 11) is 3.52. The van der Waals surface area contributed by atoms with Crippen LogP contribution in [0.4, 0.5) is 4.39 Å². The first-order valence-electron chi connectivity index (χ1n) is 9.12. The topological polar surface area (TPSA) is 58.4 Å². The normalized spacial score (nSPS) is 15.1. The van der Waals surface area contributed by atoms with E-state index in [1.807, 2.05) is 13.8 Å². The monoisotopic (exact) mass is 372 g/mol. The Balaban J connectivity index is 1.78. The molecule has 0 saturated carbocycles. The molecule has 6 nitrogen and oxygen atoms in total. The summed E-state index contributed by atoms with van der Waals surface area (Å²) in [5, 5.41) is 4.48. The fourth-order valence-corrected chi connectivity index (χ4v) is 3.64. The van der Waals surface area contributed by atoms with Gasteiger partial charge in [-0.15, -0.1) is 0 Å². The lowest BCUT2D eigenvalue weighted by Crippen LogP contribution is -2.43. The lowest BCUT2D eigenvalue weighted by Gasteiger charge is -2.32. The highest BCUT2D eigenvalue weighted by molar-refractivity contribution is 5.96. The molecule has 1 aromatic heterocycles. The Kier molecular flexibility index (Phi) is 5.30. The Bertz CT molecular complexity index is 850. The molecule has 144 valence electrons. The van der Waals surface area contributed by atoms with Gasteiger partial charge >= 0.3 is 0 Å². The molecule has 0 unspecified atom stereocenters. The maximum Gasteiger partial charge on any atom is 0.257 e. The van der Waals surface area contributed by atoms with E-state index in [4.69, 9.17) is 0 Å². The van der Waals surface area contributed by atoms with Crippen LogP contribution in [-0.2, 0) is 4.79 Å². The third-order valence-electron chi connectivity index (χ3n) is 5.15. The first-order valence-corrected chi connectivity index (χ1v) is 9.12. The van der Waals surface area contributed by atoms with Crippen molar-refractivity contribution in [2.75, 3.05) is 27.2 Å². The minimum atomic E-state index is -0.313. The van der Waals surface area contributed by atoms with Crippen LogP contribution in [0.5, 0.6) is 0 Å². The molecule has 1 saturated heterocycles. The quantitative estimate of drug-likeness (QED) is 0.832. The van der Waals surface area contributed by atoms with Crippen molar-refractivity contribution < 1.29 is 14.0 Å². The molecule has 1 fully saturated rings. The smallest absolute Gasteiger partial charge is 0.257 e. The minimum absolute atomic E-state index is 0.0202. The number of hydrogen-bond acceptors (Lipinski definition) is 3. The Hall–Kier alpha value is -2.70. The van der Waals surface area contributed by atoms with E-state index in [2.05, 4.69) is 5.10 Å². The van der Waals surface area contributed by atoms with Crippen molar-refractivity contribution in [1.82, 2.24) is 19.6 Å². The molecule has 2 aromatic rings. The maximum absolute atomic E-state index is 13.2. The summed E-state index contributed by atoms with van der Waals surface area (Å²) in [5.41, 5.74) is 2.67. The van der Waals surface area contributed by atoms with Gasteiger partial charge in [0.1, 0.15) is 5.82 Å². The van der Waals surface area contributed by atoms with Gasteiger partial charge in [0.15, 0.2) is 0 Å². The summed E-state index contributed by atoms with van der Waals surface area (Å²) in [4.78, 5) is 28.6. The van der Waals surface area contributed by atoms with Crippen molar-refractivity contribution in [1.29, 1.82) is 0 Å². The van der Waals surface area contributed by atoms with Crippen LogP contribution in [-0.4, -0.2) is 58.6 Å². The van der Waals surface area contributed by atoms with Gasteiger partial charge in [0, 0.05) is 33.1 Å². The predicted molar refractivity (Wildman–Crippen MR) is 100 cm³/mol. The molecule has 27 heavy (non-hydrogen) atoms. The van der Waals surface area contributed by atoms with Crippen LogP contribution in [0.3, 0.4) is 0 Å². The molecule has 0 radical (unpaired) electrons. The number of carbonyl (C=O) groups excluding carboxylic acids is 2. The van der Waals surface area contributed by atoms with Crippen LogP contribution < -0.4 is 0 Å². The van der Waals surface area contributed by atoms with Gasteiger partial charge in [0.05, 0.1) is 22.6 Å². The van der Waals surface area contributed by atoms with Crippen LogP contribution in [0.25, 0.3) is 5.69 Å². The van der Waals surface area contributed by atoms with Gasteiger partial charge in [0.25, 0.3) is 5.91 Å². The molecular formula is C20H25FN4O2. The second kappa shape index (κ2) is 7.50. The van der Waals surface area contributed by atoms with Crippen LogP contribution in [0, 0.1) is 25.6 Å². The largest absolute Gasteiger partial charge is 0.349 e. The molecule has 0 spiro atoms. The summed E-state index contributed by atoms with van der Waals surface area (Å²) in [6.07, 6.45) is 1.35. The molecule has 1 aliphatic heterocycles. The zero-order valence-corrected chi connectivity index (χ0v) is 16.2. The summed E-state index contributed by atoms with van der Waals surface area (Å²) in [6, 6.07) is 6.03. The minimum Gasteiger partial charge on any atom is -0.349 e.